The van der Waals surface area contributed by atoms with Crippen LogP contribution in [0.1, 0.15) is 0 Å². The zero-order chi connectivity index (χ0) is 8.70. The lowest BCUT2D eigenvalue weighted by molar-refractivity contribution is -0.145. The molecule has 1 aliphatic heterocycles. The lowest BCUT2D eigenvalue weighted by Gasteiger charge is -2.22. The van der Waals surface area contributed by atoms with Crippen molar-refractivity contribution >= 4 is 11.8 Å². The van der Waals surface area contributed by atoms with Crippen molar-refractivity contribution in [2.24, 2.45) is 0 Å². The number of thioether (sulfide) groups is 1. The summed E-state index contributed by atoms with van der Waals surface area (Å²) in [5.41, 5.74) is -5.93. The summed E-state index contributed by atoms with van der Waals surface area (Å²) in [5, 5.41) is 0. The summed E-state index contributed by atoms with van der Waals surface area (Å²) in [6, 6.07) is 0. The van der Waals surface area contributed by atoms with Crippen LogP contribution < -0.4 is 0 Å². The maximum absolute atomic E-state index is 12.7. The monoisotopic (exact) mass is 192 g/mol. The van der Waals surface area contributed by atoms with Crippen molar-refractivity contribution in [2.75, 3.05) is 12.4 Å². The Kier molecular flexibility index (Phi) is 2.07. The second-order valence-electron chi connectivity index (χ2n) is 2.35. The Morgan fingerprint density at radius 3 is 2.09 bits per heavy atom. The average molecular weight is 192 g/mol. The second-order valence-corrected chi connectivity index (χ2v) is 3.38. The number of alkyl halides is 5. The molecule has 0 amide bonds. The fourth-order valence-electron chi connectivity index (χ4n) is 0.737. The molecular weight excluding hydrogens is 187 g/mol. The van der Waals surface area contributed by atoms with Gasteiger partial charge in [0.1, 0.15) is 6.67 Å². The maximum atomic E-state index is 12.7. The quantitative estimate of drug-likeness (QED) is 0.574. The molecule has 0 bridgehead atoms. The lowest BCUT2D eigenvalue weighted by Crippen LogP contribution is -2.47. The highest BCUT2D eigenvalue weighted by atomic mass is 32.2. The van der Waals surface area contributed by atoms with E-state index >= 15 is 0 Å². The molecule has 2 unspecified atom stereocenters. The van der Waals surface area contributed by atoms with E-state index < -0.39 is 29.5 Å². The standard InChI is InChI=1S/C5H5F5S/c6-1-4(8)2-11-3(7)5(4,9)10/h3H,1-2H2. The zero-order valence-corrected chi connectivity index (χ0v) is 6.11. The minimum absolute atomic E-state index is 0.104. The Bertz CT molecular complexity index is 158. The van der Waals surface area contributed by atoms with Crippen LogP contribution in [0.15, 0.2) is 0 Å². The minimum atomic E-state index is -4.19. The molecule has 0 aromatic carbocycles. The van der Waals surface area contributed by atoms with Crippen molar-refractivity contribution in [3.63, 3.8) is 0 Å². The van der Waals surface area contributed by atoms with Crippen molar-refractivity contribution < 1.29 is 22.0 Å². The molecule has 0 nitrogen and oxygen atoms in total. The third-order valence-electron chi connectivity index (χ3n) is 1.55. The van der Waals surface area contributed by atoms with Crippen LogP contribution >= 0.6 is 11.8 Å². The summed E-state index contributed by atoms with van der Waals surface area (Å²) in [4.78, 5) is 0. The molecule has 0 N–H and O–H groups in total. The molecule has 1 heterocycles. The Hall–Kier alpha value is -0.0000000000000000555. The highest BCUT2D eigenvalue weighted by Gasteiger charge is 2.66. The first kappa shape index (κ1) is 9.09. The molecule has 2 atom stereocenters. The van der Waals surface area contributed by atoms with Crippen molar-refractivity contribution in [2.45, 2.75) is 17.1 Å². The first-order valence-electron chi connectivity index (χ1n) is 2.82. The fraction of sp³-hybridized carbons (Fsp3) is 1.00. The molecular formula is C5H5F5S. The summed E-state index contributed by atoms with van der Waals surface area (Å²) in [6.07, 6.45) is 0. The number of hydrogen-bond acceptors (Lipinski definition) is 1. The van der Waals surface area contributed by atoms with Crippen LogP contribution in [0.25, 0.3) is 0 Å². The molecule has 0 aromatic rings. The second kappa shape index (κ2) is 2.50. The van der Waals surface area contributed by atoms with Crippen molar-refractivity contribution in [3.8, 4) is 0 Å². The molecule has 1 aliphatic rings. The van der Waals surface area contributed by atoms with Crippen LogP contribution in [-0.2, 0) is 0 Å². The summed E-state index contributed by atoms with van der Waals surface area (Å²) in [5.74, 6) is -5.01. The smallest absolute Gasteiger partial charge is 0.247 e. The van der Waals surface area contributed by atoms with Gasteiger partial charge in [-0.2, -0.15) is 8.78 Å². The molecule has 11 heavy (non-hydrogen) atoms. The van der Waals surface area contributed by atoms with Gasteiger partial charge in [0.25, 0.3) is 0 Å². The molecule has 0 saturated carbocycles. The molecule has 1 rings (SSSR count). The molecule has 1 fully saturated rings. The van der Waals surface area contributed by atoms with Crippen molar-refractivity contribution in [1.82, 2.24) is 0 Å². The largest absolute Gasteiger partial charge is 0.324 e. The van der Waals surface area contributed by atoms with E-state index in [1.165, 1.54) is 0 Å². The molecule has 0 spiro atoms. The van der Waals surface area contributed by atoms with E-state index in [4.69, 9.17) is 0 Å². The third kappa shape index (κ3) is 1.11. The van der Waals surface area contributed by atoms with E-state index in [1.807, 2.05) is 0 Å². The molecule has 0 aliphatic carbocycles. The lowest BCUT2D eigenvalue weighted by atomic mass is 10.0. The van der Waals surface area contributed by atoms with Gasteiger partial charge in [-0.25, -0.2) is 13.2 Å². The van der Waals surface area contributed by atoms with Crippen molar-refractivity contribution in [1.29, 1.82) is 0 Å². The summed E-state index contributed by atoms with van der Waals surface area (Å²) >= 11 is 0.104. The van der Waals surface area contributed by atoms with Crippen LogP contribution in [0.2, 0.25) is 0 Å². The average Bonchev–Trinajstić information content (AvgIpc) is 2.15. The molecule has 0 aromatic heterocycles. The van der Waals surface area contributed by atoms with Crippen LogP contribution in [0.5, 0.6) is 0 Å². The van der Waals surface area contributed by atoms with Gasteiger partial charge in [-0.3, -0.25) is 0 Å². The Labute approximate surface area is 64.1 Å². The predicted octanol–water partition coefficient (Wildman–Crippen LogP) is 2.34. The fourth-order valence-corrected chi connectivity index (χ4v) is 1.84. The molecule has 0 radical (unpaired) electrons. The number of rotatable bonds is 1. The highest BCUT2D eigenvalue weighted by Crippen LogP contribution is 2.50. The predicted molar refractivity (Wildman–Crippen MR) is 32.1 cm³/mol. The highest BCUT2D eigenvalue weighted by molar-refractivity contribution is 8.00. The minimum Gasteiger partial charge on any atom is -0.247 e. The van der Waals surface area contributed by atoms with E-state index in [0.717, 1.165) is 0 Å². The molecule has 1 saturated heterocycles. The van der Waals surface area contributed by atoms with Gasteiger partial charge >= 0.3 is 5.92 Å². The van der Waals surface area contributed by atoms with Crippen molar-refractivity contribution in [3.05, 3.63) is 0 Å². The van der Waals surface area contributed by atoms with E-state index in [1.54, 1.807) is 0 Å². The maximum Gasteiger partial charge on any atom is 0.324 e. The zero-order valence-electron chi connectivity index (χ0n) is 5.29. The van der Waals surface area contributed by atoms with E-state index in [9.17, 15) is 22.0 Å². The molecule has 66 valence electrons. The number of hydrogen-bond donors (Lipinski definition) is 0. The van der Waals surface area contributed by atoms with E-state index in [2.05, 4.69) is 0 Å². The summed E-state index contributed by atoms with van der Waals surface area (Å²) in [6.45, 7) is -1.84. The van der Waals surface area contributed by atoms with Gasteiger partial charge in [0.15, 0.2) is 0 Å². The Morgan fingerprint density at radius 1 is 1.36 bits per heavy atom. The van der Waals surface area contributed by atoms with Gasteiger partial charge in [0.2, 0.25) is 11.2 Å². The summed E-state index contributed by atoms with van der Waals surface area (Å²) < 4.78 is 61.3. The van der Waals surface area contributed by atoms with E-state index in [-0.39, 0.29) is 11.8 Å². The first-order chi connectivity index (χ1) is 4.94. The summed E-state index contributed by atoms with van der Waals surface area (Å²) in [7, 11) is 0. The first-order valence-corrected chi connectivity index (χ1v) is 3.87. The van der Waals surface area contributed by atoms with Gasteiger partial charge < -0.3 is 0 Å². The Balaban J connectivity index is 2.86. The van der Waals surface area contributed by atoms with Gasteiger partial charge in [-0.1, -0.05) is 0 Å². The number of halogens is 5. The SMILES string of the molecule is FCC1(F)CSC(F)C1(F)F. The van der Waals surface area contributed by atoms with Crippen LogP contribution in [0.3, 0.4) is 0 Å². The Morgan fingerprint density at radius 2 is 1.91 bits per heavy atom. The van der Waals surface area contributed by atoms with Crippen LogP contribution in [0, 0.1) is 0 Å². The van der Waals surface area contributed by atoms with Gasteiger partial charge in [0.05, 0.1) is 0 Å². The van der Waals surface area contributed by atoms with Gasteiger partial charge in [-0.15, -0.1) is 11.8 Å². The normalized spacial score (nSPS) is 42.8. The van der Waals surface area contributed by atoms with Gasteiger partial charge in [0, 0.05) is 5.75 Å². The van der Waals surface area contributed by atoms with Gasteiger partial charge in [-0.05, 0) is 0 Å². The topological polar surface area (TPSA) is 0 Å². The van der Waals surface area contributed by atoms with Crippen LogP contribution in [0.4, 0.5) is 22.0 Å². The third-order valence-corrected chi connectivity index (χ3v) is 2.77. The van der Waals surface area contributed by atoms with E-state index in [0.29, 0.717) is 0 Å². The molecule has 6 heteroatoms. The van der Waals surface area contributed by atoms with Crippen LogP contribution in [-0.4, -0.2) is 29.5 Å².